The van der Waals surface area contributed by atoms with Gasteiger partial charge in [0, 0.05) is 39.2 Å². The van der Waals surface area contributed by atoms with Crippen LogP contribution in [0.3, 0.4) is 0 Å². The van der Waals surface area contributed by atoms with E-state index in [2.05, 4.69) is 47.5 Å². The van der Waals surface area contributed by atoms with Gasteiger partial charge >= 0.3 is 0 Å². The molecule has 2 atom stereocenters. The monoisotopic (exact) mass is 525 g/mol. The summed E-state index contributed by atoms with van der Waals surface area (Å²) in [5.41, 5.74) is 2.47. The topological polar surface area (TPSA) is 94.8 Å². The first-order valence-corrected chi connectivity index (χ1v) is 17.0. The maximum atomic E-state index is 10.0. The molecule has 2 fully saturated rings. The van der Waals surface area contributed by atoms with Gasteiger partial charge in [-0.3, -0.25) is 0 Å². The van der Waals surface area contributed by atoms with Gasteiger partial charge in [0.2, 0.25) is 0 Å². The average Bonchev–Trinajstić information content (AvgIpc) is 3.47. The molecule has 37 heavy (non-hydrogen) atoms. The van der Waals surface area contributed by atoms with E-state index in [4.69, 9.17) is 19.3 Å². The Balaban J connectivity index is 1.48. The van der Waals surface area contributed by atoms with Gasteiger partial charge in [-0.2, -0.15) is 5.10 Å². The largest absolute Gasteiger partial charge is 0.488 e. The number of aliphatic hydroxyl groups excluding tert-OH is 1. The molecule has 1 saturated carbocycles. The van der Waals surface area contributed by atoms with Crippen LogP contribution in [0.1, 0.15) is 26.7 Å². The molecule has 5 rings (SSSR count). The van der Waals surface area contributed by atoms with E-state index < -0.39 is 14.2 Å². The van der Waals surface area contributed by atoms with Crippen LogP contribution in [0.25, 0.3) is 22.3 Å². The SMILES string of the molecule is CC(O)C1CN(c2cc(-c3c4cc(OC5(C)CC5)ccc4nn3COCC[Si](C)(C)C)ncn2)CCO1. The number of nitrogens with zero attached hydrogens (tertiary/aromatic N) is 5. The van der Waals surface area contributed by atoms with E-state index in [1.54, 1.807) is 13.3 Å². The Morgan fingerprint density at radius 3 is 2.76 bits per heavy atom. The van der Waals surface area contributed by atoms with Gasteiger partial charge in [-0.1, -0.05) is 19.6 Å². The molecule has 1 aromatic carbocycles. The third-order valence-corrected chi connectivity index (χ3v) is 8.79. The van der Waals surface area contributed by atoms with Crippen LogP contribution in [0, 0.1) is 0 Å². The molecule has 10 heteroatoms. The summed E-state index contributed by atoms with van der Waals surface area (Å²) in [7, 11) is -1.20. The highest BCUT2D eigenvalue weighted by atomic mass is 28.3. The number of ether oxygens (including phenoxy) is 3. The van der Waals surface area contributed by atoms with Gasteiger partial charge in [-0.15, -0.1) is 0 Å². The van der Waals surface area contributed by atoms with E-state index in [0.29, 0.717) is 33.0 Å². The number of fused-ring (bicyclic) bond motifs is 1. The molecular weight excluding hydrogens is 486 g/mol. The Hall–Kier alpha value is -2.53. The van der Waals surface area contributed by atoms with Crippen molar-refractivity contribution in [2.24, 2.45) is 0 Å². The van der Waals surface area contributed by atoms with Crippen LogP contribution in [0.2, 0.25) is 25.7 Å². The first kappa shape index (κ1) is 26.1. The standard InChI is InChI=1S/C27H39N5O4Si/c1-19(33)24-16-31(10-11-35-24)25-15-23(28-17-29-25)26-21-14-20(36-27(2)8-9-27)6-7-22(21)30-32(26)18-34-12-13-37(3,4)5/h6-7,14-15,17,19,24,33H,8-13,16,18H2,1-5H3. The molecule has 2 aliphatic rings. The molecule has 2 aromatic heterocycles. The fourth-order valence-electron chi connectivity index (χ4n) is 4.46. The second kappa shape index (κ2) is 10.3. The van der Waals surface area contributed by atoms with Gasteiger partial charge in [0.05, 0.1) is 29.6 Å². The molecule has 1 aliphatic carbocycles. The Morgan fingerprint density at radius 1 is 1.22 bits per heavy atom. The van der Waals surface area contributed by atoms with Crippen molar-refractivity contribution < 1.29 is 19.3 Å². The zero-order chi connectivity index (χ0) is 26.2. The zero-order valence-electron chi connectivity index (χ0n) is 22.6. The third-order valence-electron chi connectivity index (χ3n) is 7.09. The lowest BCUT2D eigenvalue weighted by atomic mass is 10.1. The predicted molar refractivity (Wildman–Crippen MR) is 147 cm³/mol. The highest BCUT2D eigenvalue weighted by molar-refractivity contribution is 6.76. The minimum absolute atomic E-state index is 0.0669. The number of anilines is 1. The van der Waals surface area contributed by atoms with Crippen LogP contribution in [0.15, 0.2) is 30.6 Å². The summed E-state index contributed by atoms with van der Waals surface area (Å²) in [5.74, 6) is 1.65. The highest BCUT2D eigenvalue weighted by Gasteiger charge is 2.40. The number of aromatic nitrogens is 4. The van der Waals surface area contributed by atoms with Crippen molar-refractivity contribution in [3.63, 3.8) is 0 Å². The fraction of sp³-hybridized carbons (Fsp3) is 0.593. The number of morpholine rings is 1. The van der Waals surface area contributed by atoms with Crippen molar-refractivity contribution in [2.75, 3.05) is 31.2 Å². The van der Waals surface area contributed by atoms with Crippen LogP contribution in [0.5, 0.6) is 5.75 Å². The minimum atomic E-state index is -1.20. The van der Waals surface area contributed by atoms with Crippen LogP contribution in [-0.4, -0.2) is 77.0 Å². The van der Waals surface area contributed by atoms with Crippen molar-refractivity contribution in [3.8, 4) is 17.1 Å². The van der Waals surface area contributed by atoms with E-state index in [9.17, 15) is 5.11 Å². The van der Waals surface area contributed by atoms with Crippen LogP contribution >= 0.6 is 0 Å². The first-order valence-electron chi connectivity index (χ1n) is 13.2. The number of benzene rings is 1. The Labute approximate surface area is 219 Å². The number of hydrogen-bond acceptors (Lipinski definition) is 8. The molecule has 1 aliphatic heterocycles. The van der Waals surface area contributed by atoms with E-state index in [1.807, 2.05) is 22.9 Å². The smallest absolute Gasteiger partial charge is 0.140 e. The highest BCUT2D eigenvalue weighted by Crippen LogP contribution is 2.41. The molecule has 0 bridgehead atoms. The summed E-state index contributed by atoms with van der Waals surface area (Å²) in [5, 5.41) is 15.9. The minimum Gasteiger partial charge on any atom is -0.488 e. The Bertz CT molecular complexity index is 1240. The summed E-state index contributed by atoms with van der Waals surface area (Å²) in [6.07, 6.45) is 2.95. The van der Waals surface area contributed by atoms with Crippen molar-refractivity contribution in [1.82, 2.24) is 19.7 Å². The van der Waals surface area contributed by atoms with E-state index in [-0.39, 0.29) is 11.7 Å². The van der Waals surface area contributed by atoms with E-state index >= 15 is 0 Å². The summed E-state index contributed by atoms with van der Waals surface area (Å²) in [6.45, 7) is 13.8. The Kier molecular flexibility index (Phi) is 7.28. The molecule has 1 saturated heterocycles. The van der Waals surface area contributed by atoms with E-state index in [0.717, 1.165) is 52.7 Å². The molecule has 0 amide bonds. The van der Waals surface area contributed by atoms with Crippen molar-refractivity contribution in [3.05, 3.63) is 30.6 Å². The molecule has 3 aromatic rings. The van der Waals surface area contributed by atoms with Crippen molar-refractivity contribution >= 4 is 24.8 Å². The predicted octanol–water partition coefficient (Wildman–Crippen LogP) is 4.32. The number of hydrogen-bond donors (Lipinski definition) is 1. The van der Waals surface area contributed by atoms with Crippen molar-refractivity contribution in [2.45, 2.75) is 76.9 Å². The molecule has 0 radical (unpaired) electrons. The first-order chi connectivity index (χ1) is 17.6. The lowest BCUT2D eigenvalue weighted by Crippen LogP contribution is -2.47. The lowest BCUT2D eigenvalue weighted by molar-refractivity contribution is -0.0366. The van der Waals surface area contributed by atoms with Crippen LogP contribution in [-0.2, 0) is 16.2 Å². The van der Waals surface area contributed by atoms with Gasteiger partial charge in [-0.25, -0.2) is 14.6 Å². The van der Waals surface area contributed by atoms with Gasteiger partial charge in [0.25, 0.3) is 0 Å². The maximum Gasteiger partial charge on any atom is 0.140 e. The van der Waals surface area contributed by atoms with Crippen LogP contribution in [0.4, 0.5) is 5.82 Å². The van der Waals surface area contributed by atoms with Crippen molar-refractivity contribution in [1.29, 1.82) is 0 Å². The molecule has 1 N–H and O–H groups in total. The number of rotatable bonds is 10. The normalized spacial score (nSPS) is 20.3. The molecule has 200 valence electrons. The molecule has 0 spiro atoms. The molecular formula is C27H39N5O4Si. The molecule has 3 heterocycles. The average molecular weight is 526 g/mol. The summed E-state index contributed by atoms with van der Waals surface area (Å²) in [6, 6.07) is 9.16. The second-order valence-corrected chi connectivity index (χ2v) is 17.4. The quantitative estimate of drug-likeness (QED) is 0.309. The molecule has 2 unspecified atom stereocenters. The van der Waals surface area contributed by atoms with E-state index in [1.165, 1.54) is 0 Å². The number of aliphatic hydroxyl groups is 1. The fourth-order valence-corrected chi connectivity index (χ4v) is 5.21. The summed E-state index contributed by atoms with van der Waals surface area (Å²) in [4.78, 5) is 11.3. The summed E-state index contributed by atoms with van der Waals surface area (Å²) >= 11 is 0. The van der Waals surface area contributed by atoms with Crippen LogP contribution < -0.4 is 9.64 Å². The second-order valence-electron chi connectivity index (χ2n) is 11.8. The Morgan fingerprint density at radius 2 is 2.03 bits per heavy atom. The zero-order valence-corrected chi connectivity index (χ0v) is 23.6. The third kappa shape index (κ3) is 6.31. The van der Waals surface area contributed by atoms with Gasteiger partial charge < -0.3 is 24.2 Å². The molecule has 9 nitrogen and oxygen atoms in total. The maximum absolute atomic E-state index is 10.0. The van der Waals surface area contributed by atoms with Gasteiger partial charge in [0.15, 0.2) is 0 Å². The lowest BCUT2D eigenvalue weighted by Gasteiger charge is -2.35. The summed E-state index contributed by atoms with van der Waals surface area (Å²) < 4.78 is 20.0. The van der Waals surface area contributed by atoms with Gasteiger partial charge in [0.1, 0.15) is 36.3 Å². The van der Waals surface area contributed by atoms with Gasteiger partial charge in [-0.05, 0) is 50.9 Å².